The number of aromatic nitrogens is 1. The highest BCUT2D eigenvalue weighted by Crippen LogP contribution is 2.22. The number of aryl methyl sites for hydroxylation is 1. The summed E-state index contributed by atoms with van der Waals surface area (Å²) in [6, 6.07) is 10.9. The lowest BCUT2D eigenvalue weighted by molar-refractivity contribution is 0.102. The molecule has 0 saturated carbocycles. The minimum Gasteiger partial charge on any atom is -0.322 e. The molecule has 3 rings (SSSR count). The highest BCUT2D eigenvalue weighted by Gasteiger charge is 2.10. The number of anilines is 1. The standard InChI is InChI=1S/C17H15FN2O2S/c1-2-8-20-14-7-6-13(10-15(14)23-17(20)22)19-16(21)11-4-3-5-12(18)9-11/h3-7,9-10H,2,8H2,1H3,(H,19,21). The van der Waals surface area contributed by atoms with Crippen LogP contribution in [0.5, 0.6) is 0 Å². The minimum absolute atomic E-state index is 0.00421. The molecule has 0 bridgehead atoms. The Kier molecular flexibility index (Phi) is 4.25. The zero-order chi connectivity index (χ0) is 16.4. The van der Waals surface area contributed by atoms with Crippen molar-refractivity contribution in [1.29, 1.82) is 0 Å². The molecule has 6 heteroatoms. The third-order valence-electron chi connectivity index (χ3n) is 3.46. The molecule has 1 amide bonds. The highest BCUT2D eigenvalue weighted by molar-refractivity contribution is 7.16. The number of hydrogen-bond donors (Lipinski definition) is 1. The second-order valence-electron chi connectivity index (χ2n) is 5.17. The van der Waals surface area contributed by atoms with Gasteiger partial charge in [0.05, 0.1) is 10.2 Å². The molecule has 1 heterocycles. The molecule has 0 aliphatic rings. The molecule has 118 valence electrons. The van der Waals surface area contributed by atoms with Gasteiger partial charge < -0.3 is 5.32 Å². The first kappa shape index (κ1) is 15.4. The Morgan fingerprint density at radius 1 is 1.26 bits per heavy atom. The van der Waals surface area contributed by atoms with Crippen LogP contribution in [-0.2, 0) is 6.54 Å². The number of fused-ring (bicyclic) bond motifs is 1. The number of hydrogen-bond acceptors (Lipinski definition) is 3. The Morgan fingerprint density at radius 2 is 2.09 bits per heavy atom. The maximum Gasteiger partial charge on any atom is 0.308 e. The van der Waals surface area contributed by atoms with Crippen molar-refractivity contribution in [2.75, 3.05) is 5.32 Å². The zero-order valence-corrected chi connectivity index (χ0v) is 13.3. The lowest BCUT2D eigenvalue weighted by Gasteiger charge is -2.06. The van der Waals surface area contributed by atoms with E-state index < -0.39 is 5.82 Å². The Hall–Kier alpha value is -2.47. The molecule has 4 nitrogen and oxygen atoms in total. The monoisotopic (exact) mass is 330 g/mol. The summed E-state index contributed by atoms with van der Waals surface area (Å²) in [6.07, 6.45) is 0.879. The Morgan fingerprint density at radius 3 is 2.83 bits per heavy atom. The third-order valence-corrected chi connectivity index (χ3v) is 4.40. The second-order valence-corrected chi connectivity index (χ2v) is 6.16. The summed E-state index contributed by atoms with van der Waals surface area (Å²) in [6.45, 7) is 2.69. The van der Waals surface area contributed by atoms with E-state index in [0.717, 1.165) is 28.0 Å². The van der Waals surface area contributed by atoms with Crippen LogP contribution in [0.2, 0.25) is 0 Å². The van der Waals surface area contributed by atoms with Crippen molar-refractivity contribution in [2.24, 2.45) is 0 Å². The van der Waals surface area contributed by atoms with Crippen molar-refractivity contribution >= 4 is 33.1 Å². The topological polar surface area (TPSA) is 51.1 Å². The number of nitrogens with one attached hydrogen (secondary N) is 1. The average molecular weight is 330 g/mol. The summed E-state index contributed by atoms with van der Waals surface area (Å²) in [5, 5.41) is 2.73. The van der Waals surface area contributed by atoms with Gasteiger partial charge in [-0.2, -0.15) is 0 Å². The summed E-state index contributed by atoms with van der Waals surface area (Å²) in [5.74, 6) is -0.841. The number of thiazole rings is 1. The zero-order valence-electron chi connectivity index (χ0n) is 12.5. The van der Waals surface area contributed by atoms with Gasteiger partial charge in [0.1, 0.15) is 5.82 Å². The first-order valence-electron chi connectivity index (χ1n) is 7.29. The molecule has 0 atom stereocenters. The molecular formula is C17H15FN2O2S. The van der Waals surface area contributed by atoms with Crippen molar-refractivity contribution in [2.45, 2.75) is 19.9 Å². The molecule has 0 saturated heterocycles. The van der Waals surface area contributed by atoms with Crippen LogP contribution >= 0.6 is 11.3 Å². The smallest absolute Gasteiger partial charge is 0.308 e. The van der Waals surface area contributed by atoms with Crippen molar-refractivity contribution in [3.63, 3.8) is 0 Å². The van der Waals surface area contributed by atoms with Crippen LogP contribution in [0.1, 0.15) is 23.7 Å². The van der Waals surface area contributed by atoms with Gasteiger partial charge in [-0.25, -0.2) is 4.39 Å². The largest absolute Gasteiger partial charge is 0.322 e. The van der Waals surface area contributed by atoms with E-state index in [2.05, 4.69) is 5.32 Å². The van der Waals surface area contributed by atoms with Crippen LogP contribution in [0.25, 0.3) is 10.2 Å². The number of carbonyl (C=O) groups excluding carboxylic acids is 1. The van der Waals surface area contributed by atoms with E-state index >= 15 is 0 Å². The van der Waals surface area contributed by atoms with Gasteiger partial charge in [-0.1, -0.05) is 24.3 Å². The molecule has 0 radical (unpaired) electrons. The normalized spacial score (nSPS) is 10.9. The predicted octanol–water partition coefficient (Wildman–Crippen LogP) is 3.86. The summed E-state index contributed by atoms with van der Waals surface area (Å²) in [4.78, 5) is 24.1. The van der Waals surface area contributed by atoms with Gasteiger partial charge in [-0.05, 0) is 42.8 Å². The van der Waals surface area contributed by atoms with E-state index in [4.69, 9.17) is 0 Å². The van der Waals surface area contributed by atoms with Gasteiger partial charge in [-0.3, -0.25) is 14.2 Å². The molecule has 0 aliphatic carbocycles. The number of nitrogens with zero attached hydrogens (tertiary/aromatic N) is 1. The highest BCUT2D eigenvalue weighted by atomic mass is 32.1. The molecule has 3 aromatic rings. The van der Waals surface area contributed by atoms with E-state index in [1.54, 1.807) is 22.8 Å². The van der Waals surface area contributed by atoms with Crippen molar-refractivity contribution in [3.05, 3.63) is 63.5 Å². The fourth-order valence-corrected chi connectivity index (χ4v) is 3.37. The Labute approximate surface area is 136 Å². The average Bonchev–Trinajstić information content (AvgIpc) is 2.83. The SMILES string of the molecule is CCCn1c(=O)sc2cc(NC(=O)c3cccc(F)c3)ccc21. The summed E-state index contributed by atoms with van der Waals surface area (Å²) >= 11 is 1.15. The molecule has 1 N–H and O–H groups in total. The second kappa shape index (κ2) is 6.34. The fourth-order valence-electron chi connectivity index (χ4n) is 2.41. The van der Waals surface area contributed by atoms with Crippen LogP contribution in [0.3, 0.4) is 0 Å². The summed E-state index contributed by atoms with van der Waals surface area (Å²) < 4.78 is 15.7. The van der Waals surface area contributed by atoms with Gasteiger partial charge in [0.15, 0.2) is 0 Å². The molecule has 23 heavy (non-hydrogen) atoms. The van der Waals surface area contributed by atoms with Crippen LogP contribution in [-0.4, -0.2) is 10.5 Å². The van der Waals surface area contributed by atoms with E-state index in [1.165, 1.54) is 18.2 Å². The van der Waals surface area contributed by atoms with Gasteiger partial charge in [0, 0.05) is 17.8 Å². The van der Waals surface area contributed by atoms with Gasteiger partial charge in [-0.15, -0.1) is 0 Å². The molecule has 0 fully saturated rings. The van der Waals surface area contributed by atoms with Gasteiger partial charge in [0.2, 0.25) is 0 Å². The third kappa shape index (κ3) is 3.17. The van der Waals surface area contributed by atoms with Crippen LogP contribution < -0.4 is 10.2 Å². The molecule has 0 unspecified atom stereocenters. The Balaban J connectivity index is 1.89. The van der Waals surface area contributed by atoms with E-state index in [-0.39, 0.29) is 16.3 Å². The van der Waals surface area contributed by atoms with Crippen LogP contribution in [0.4, 0.5) is 10.1 Å². The quantitative estimate of drug-likeness (QED) is 0.789. The summed E-state index contributed by atoms with van der Waals surface area (Å²) in [7, 11) is 0. The number of carbonyl (C=O) groups is 1. The minimum atomic E-state index is -0.456. The van der Waals surface area contributed by atoms with E-state index in [9.17, 15) is 14.0 Å². The molecule has 0 aliphatic heterocycles. The maximum absolute atomic E-state index is 13.2. The van der Waals surface area contributed by atoms with E-state index in [1.807, 2.05) is 13.0 Å². The number of halogens is 1. The lowest BCUT2D eigenvalue weighted by atomic mass is 10.2. The molecule has 1 aromatic heterocycles. The summed E-state index contributed by atoms with van der Waals surface area (Å²) in [5.41, 5.74) is 1.70. The van der Waals surface area contributed by atoms with Crippen molar-refractivity contribution in [1.82, 2.24) is 4.57 Å². The molecular weight excluding hydrogens is 315 g/mol. The fraction of sp³-hybridized carbons (Fsp3) is 0.176. The number of amides is 1. The van der Waals surface area contributed by atoms with E-state index in [0.29, 0.717) is 12.2 Å². The molecule has 0 spiro atoms. The Bertz CT molecular complexity index is 930. The first-order valence-corrected chi connectivity index (χ1v) is 8.10. The lowest BCUT2D eigenvalue weighted by Crippen LogP contribution is -2.12. The maximum atomic E-state index is 13.2. The van der Waals surface area contributed by atoms with Crippen LogP contribution in [0, 0.1) is 5.82 Å². The van der Waals surface area contributed by atoms with Gasteiger partial charge >= 0.3 is 4.87 Å². The molecule has 2 aromatic carbocycles. The first-order chi connectivity index (χ1) is 11.1. The van der Waals surface area contributed by atoms with Crippen LogP contribution in [0.15, 0.2) is 47.3 Å². The van der Waals surface area contributed by atoms with Gasteiger partial charge in [0.25, 0.3) is 5.91 Å². The number of rotatable bonds is 4. The predicted molar refractivity (Wildman–Crippen MR) is 90.7 cm³/mol. The number of benzene rings is 2. The van der Waals surface area contributed by atoms with Crippen molar-refractivity contribution < 1.29 is 9.18 Å². The van der Waals surface area contributed by atoms with Crippen molar-refractivity contribution in [3.8, 4) is 0 Å².